The summed E-state index contributed by atoms with van der Waals surface area (Å²) in [6, 6.07) is 5.80. The summed E-state index contributed by atoms with van der Waals surface area (Å²) in [6.07, 6.45) is 3.77. The molecule has 0 bridgehead atoms. The van der Waals surface area contributed by atoms with Gasteiger partial charge in [0, 0.05) is 30.9 Å². The molecular formula is C18H21N3O3. The number of benzene rings is 1. The van der Waals surface area contributed by atoms with Crippen molar-refractivity contribution in [2.75, 3.05) is 20.2 Å². The normalized spacial score (nSPS) is 17.0. The number of amides is 1. The fraction of sp³-hybridized carbons (Fsp3) is 0.389. The Kier molecular flexibility index (Phi) is 4.64. The number of aromatic nitrogens is 2. The van der Waals surface area contributed by atoms with Gasteiger partial charge in [-0.2, -0.15) is 0 Å². The highest BCUT2D eigenvalue weighted by Gasteiger charge is 2.29. The van der Waals surface area contributed by atoms with E-state index >= 15 is 0 Å². The number of carbonyl (C=O) groups is 1. The van der Waals surface area contributed by atoms with Crippen LogP contribution in [0.3, 0.4) is 0 Å². The van der Waals surface area contributed by atoms with Crippen molar-refractivity contribution >= 4 is 5.91 Å². The summed E-state index contributed by atoms with van der Waals surface area (Å²) >= 11 is 0. The molecule has 0 saturated carbocycles. The first kappa shape index (κ1) is 16.2. The number of hydrogen-bond acceptors (Lipinski definition) is 5. The summed E-state index contributed by atoms with van der Waals surface area (Å²) < 4.78 is 11.0. The lowest BCUT2D eigenvalue weighted by atomic mass is 10.1. The van der Waals surface area contributed by atoms with Crippen LogP contribution in [0.1, 0.15) is 27.9 Å². The van der Waals surface area contributed by atoms with E-state index in [9.17, 15) is 4.79 Å². The van der Waals surface area contributed by atoms with Gasteiger partial charge in [-0.25, -0.2) is 9.97 Å². The minimum absolute atomic E-state index is 0.0373. The van der Waals surface area contributed by atoms with E-state index in [4.69, 9.17) is 9.47 Å². The average molecular weight is 327 g/mol. The van der Waals surface area contributed by atoms with Crippen molar-refractivity contribution in [1.82, 2.24) is 14.9 Å². The molecule has 6 nitrogen and oxygen atoms in total. The zero-order valence-electron chi connectivity index (χ0n) is 14.2. The number of likely N-dealkylation sites (tertiary alicyclic amines) is 1. The second kappa shape index (κ2) is 6.86. The number of hydrogen-bond donors (Lipinski definition) is 0. The topological polar surface area (TPSA) is 64.6 Å². The molecule has 1 aromatic carbocycles. The predicted molar refractivity (Wildman–Crippen MR) is 89.4 cm³/mol. The van der Waals surface area contributed by atoms with Gasteiger partial charge in [0.2, 0.25) is 0 Å². The van der Waals surface area contributed by atoms with E-state index in [1.165, 1.54) is 12.7 Å². The van der Waals surface area contributed by atoms with Gasteiger partial charge in [0.1, 0.15) is 6.10 Å². The third kappa shape index (κ3) is 3.32. The van der Waals surface area contributed by atoms with Crippen molar-refractivity contribution in [2.45, 2.75) is 26.4 Å². The van der Waals surface area contributed by atoms with Crippen molar-refractivity contribution in [1.29, 1.82) is 0 Å². The molecule has 6 heteroatoms. The Morgan fingerprint density at radius 1 is 1.17 bits per heavy atom. The molecule has 24 heavy (non-hydrogen) atoms. The first-order valence-corrected chi connectivity index (χ1v) is 7.96. The number of methoxy groups -OCH3 is 1. The number of carbonyl (C=O) groups excluding carboxylic acids is 1. The summed E-state index contributed by atoms with van der Waals surface area (Å²) in [4.78, 5) is 22.7. The zero-order chi connectivity index (χ0) is 17.1. The largest absolute Gasteiger partial charge is 0.477 e. The van der Waals surface area contributed by atoms with Gasteiger partial charge in [-0.3, -0.25) is 4.79 Å². The summed E-state index contributed by atoms with van der Waals surface area (Å²) in [5, 5.41) is 0. The van der Waals surface area contributed by atoms with E-state index in [1.807, 2.05) is 36.9 Å². The number of aryl methyl sites for hydroxylation is 2. The molecular weight excluding hydrogens is 306 g/mol. The predicted octanol–water partition coefficient (Wildman–Crippen LogP) is 2.40. The molecule has 1 aromatic heterocycles. The van der Waals surface area contributed by atoms with Crippen molar-refractivity contribution in [3.63, 3.8) is 0 Å². The van der Waals surface area contributed by atoms with E-state index < -0.39 is 0 Å². The van der Waals surface area contributed by atoms with Gasteiger partial charge < -0.3 is 14.4 Å². The number of rotatable bonds is 4. The molecule has 1 unspecified atom stereocenters. The maximum absolute atomic E-state index is 12.6. The molecule has 0 spiro atoms. The quantitative estimate of drug-likeness (QED) is 0.863. The molecule has 0 aliphatic carbocycles. The van der Waals surface area contributed by atoms with Crippen molar-refractivity contribution in [2.24, 2.45) is 0 Å². The van der Waals surface area contributed by atoms with Crippen LogP contribution in [0.2, 0.25) is 0 Å². The maximum atomic E-state index is 12.6. The van der Waals surface area contributed by atoms with E-state index in [-0.39, 0.29) is 12.0 Å². The second-order valence-corrected chi connectivity index (χ2v) is 5.95. The van der Waals surface area contributed by atoms with Crippen molar-refractivity contribution in [3.05, 3.63) is 47.3 Å². The fourth-order valence-electron chi connectivity index (χ4n) is 2.76. The van der Waals surface area contributed by atoms with Gasteiger partial charge in [-0.1, -0.05) is 6.07 Å². The maximum Gasteiger partial charge on any atom is 0.278 e. The summed E-state index contributed by atoms with van der Waals surface area (Å²) in [5.74, 6) is 0.761. The van der Waals surface area contributed by atoms with Crippen LogP contribution in [0.15, 0.2) is 30.6 Å². The van der Waals surface area contributed by atoms with Gasteiger partial charge >= 0.3 is 0 Å². The van der Waals surface area contributed by atoms with Gasteiger partial charge in [0.05, 0.1) is 13.7 Å². The van der Waals surface area contributed by atoms with Crippen LogP contribution >= 0.6 is 0 Å². The molecule has 1 atom stereocenters. The third-order valence-electron chi connectivity index (χ3n) is 4.29. The second-order valence-electron chi connectivity index (χ2n) is 5.95. The van der Waals surface area contributed by atoms with Gasteiger partial charge in [0.15, 0.2) is 0 Å². The van der Waals surface area contributed by atoms with Crippen LogP contribution in [0.5, 0.6) is 11.8 Å². The first-order valence-electron chi connectivity index (χ1n) is 7.96. The molecule has 1 saturated heterocycles. The van der Waals surface area contributed by atoms with Gasteiger partial charge in [0.25, 0.3) is 17.7 Å². The monoisotopic (exact) mass is 327 g/mol. The Hall–Kier alpha value is -2.63. The summed E-state index contributed by atoms with van der Waals surface area (Å²) in [7, 11) is 1.53. The lowest BCUT2D eigenvalue weighted by molar-refractivity contribution is 0.0770. The SMILES string of the molecule is COc1nccnc1OC1CCN(C(=O)c2ccc(C)c(C)c2)C1. The zero-order valence-corrected chi connectivity index (χ0v) is 14.2. The summed E-state index contributed by atoms with van der Waals surface area (Å²) in [5.41, 5.74) is 3.02. The third-order valence-corrected chi connectivity index (χ3v) is 4.29. The van der Waals surface area contributed by atoms with Crippen molar-refractivity contribution < 1.29 is 14.3 Å². The molecule has 1 aliphatic rings. The molecule has 1 fully saturated rings. The van der Waals surface area contributed by atoms with E-state index in [1.54, 1.807) is 12.4 Å². The Morgan fingerprint density at radius 2 is 1.92 bits per heavy atom. The van der Waals surface area contributed by atoms with Crippen LogP contribution in [0, 0.1) is 13.8 Å². The Balaban J connectivity index is 1.66. The molecule has 2 aromatic rings. The van der Waals surface area contributed by atoms with Crippen LogP contribution in [0.4, 0.5) is 0 Å². The lowest BCUT2D eigenvalue weighted by Crippen LogP contribution is -2.31. The average Bonchev–Trinajstić information content (AvgIpc) is 3.05. The smallest absolute Gasteiger partial charge is 0.278 e. The minimum Gasteiger partial charge on any atom is -0.477 e. The van der Waals surface area contributed by atoms with Gasteiger partial charge in [-0.05, 0) is 37.1 Å². The molecule has 0 N–H and O–H groups in total. The standard InChI is InChI=1S/C18H21N3O3/c1-12-4-5-14(10-13(12)2)18(22)21-9-6-15(11-21)24-17-16(23-3)19-7-8-20-17/h4-5,7-8,10,15H,6,9,11H2,1-3H3. The minimum atomic E-state index is -0.105. The van der Waals surface area contributed by atoms with Crippen LogP contribution in [-0.4, -0.2) is 47.1 Å². The first-order chi connectivity index (χ1) is 11.6. The van der Waals surface area contributed by atoms with E-state index in [2.05, 4.69) is 9.97 Å². The summed E-state index contributed by atoms with van der Waals surface area (Å²) in [6.45, 7) is 5.25. The van der Waals surface area contributed by atoms with E-state index in [0.717, 1.165) is 17.5 Å². The number of ether oxygens (including phenoxy) is 2. The highest BCUT2D eigenvalue weighted by atomic mass is 16.5. The van der Waals surface area contributed by atoms with Crippen LogP contribution < -0.4 is 9.47 Å². The fourth-order valence-corrected chi connectivity index (χ4v) is 2.76. The van der Waals surface area contributed by atoms with E-state index in [0.29, 0.717) is 24.8 Å². The molecule has 1 amide bonds. The molecule has 126 valence electrons. The van der Waals surface area contributed by atoms with Crippen LogP contribution in [0.25, 0.3) is 0 Å². The Morgan fingerprint density at radius 3 is 2.62 bits per heavy atom. The molecule has 3 rings (SSSR count). The Labute approximate surface area is 141 Å². The molecule has 0 radical (unpaired) electrons. The van der Waals surface area contributed by atoms with Gasteiger partial charge in [-0.15, -0.1) is 0 Å². The lowest BCUT2D eigenvalue weighted by Gasteiger charge is -2.18. The van der Waals surface area contributed by atoms with Crippen LogP contribution in [-0.2, 0) is 0 Å². The highest BCUT2D eigenvalue weighted by molar-refractivity contribution is 5.94. The Bertz CT molecular complexity index is 748. The van der Waals surface area contributed by atoms with Crippen molar-refractivity contribution in [3.8, 4) is 11.8 Å². The molecule has 1 aliphatic heterocycles. The number of nitrogens with zero attached hydrogens (tertiary/aromatic N) is 3. The molecule has 2 heterocycles. The highest BCUT2D eigenvalue weighted by Crippen LogP contribution is 2.24.